The maximum atomic E-state index is 10.9. The zero-order valence-electron chi connectivity index (χ0n) is 8.53. The largest absolute Gasteiger partial charge is 0.478 e. The van der Waals surface area contributed by atoms with E-state index in [-0.39, 0.29) is 5.56 Å². The molecule has 2 rings (SSSR count). The Morgan fingerprint density at radius 3 is 2.62 bits per heavy atom. The first kappa shape index (κ1) is 11.2. The van der Waals surface area contributed by atoms with E-state index in [0.717, 1.165) is 16.0 Å². The first-order valence-electron chi connectivity index (χ1n) is 4.67. The van der Waals surface area contributed by atoms with Crippen LogP contribution in [0.5, 0.6) is 0 Å². The lowest BCUT2D eigenvalue weighted by Gasteiger charge is -2.05. The predicted octanol–water partition coefficient (Wildman–Crippen LogP) is 4.08. The molecule has 0 saturated carbocycles. The highest BCUT2D eigenvalue weighted by molar-refractivity contribution is 7.10. The molecule has 2 aromatic rings. The standard InChI is InChI=1S/C12H9ClO2S/c1-7-9(4-5-16-7)10-6-8(12(14)15)2-3-11(10)13/h2-6H,1H3,(H,14,15). The number of hydrogen-bond donors (Lipinski definition) is 1. The third kappa shape index (κ3) is 1.96. The molecule has 2 nitrogen and oxygen atoms in total. The molecule has 0 radical (unpaired) electrons. The Bertz CT molecular complexity index is 546. The lowest BCUT2D eigenvalue weighted by molar-refractivity contribution is 0.0697. The van der Waals surface area contributed by atoms with Gasteiger partial charge in [-0.15, -0.1) is 11.3 Å². The van der Waals surface area contributed by atoms with Gasteiger partial charge < -0.3 is 5.11 Å². The third-order valence-corrected chi connectivity index (χ3v) is 3.54. The zero-order valence-corrected chi connectivity index (χ0v) is 10.1. The van der Waals surface area contributed by atoms with Gasteiger partial charge in [-0.1, -0.05) is 11.6 Å². The van der Waals surface area contributed by atoms with Crippen molar-refractivity contribution < 1.29 is 9.90 Å². The van der Waals surface area contributed by atoms with E-state index < -0.39 is 5.97 Å². The second-order valence-corrected chi connectivity index (χ2v) is 4.92. The number of aromatic carboxylic acids is 1. The monoisotopic (exact) mass is 252 g/mol. The molecule has 16 heavy (non-hydrogen) atoms. The molecule has 1 aromatic carbocycles. The number of hydrogen-bond acceptors (Lipinski definition) is 2. The number of rotatable bonds is 2. The van der Waals surface area contributed by atoms with Crippen molar-refractivity contribution in [2.75, 3.05) is 0 Å². The average Bonchev–Trinajstić information content (AvgIpc) is 2.65. The van der Waals surface area contributed by atoms with Crippen LogP contribution in [0.4, 0.5) is 0 Å². The minimum atomic E-state index is -0.939. The molecule has 0 atom stereocenters. The van der Waals surface area contributed by atoms with Gasteiger partial charge in [0, 0.05) is 15.5 Å². The SMILES string of the molecule is Cc1sccc1-c1cc(C(=O)O)ccc1Cl. The van der Waals surface area contributed by atoms with Crippen LogP contribution in [0.3, 0.4) is 0 Å². The minimum Gasteiger partial charge on any atom is -0.478 e. The Balaban J connectivity index is 2.60. The van der Waals surface area contributed by atoms with Crippen LogP contribution in [-0.2, 0) is 0 Å². The van der Waals surface area contributed by atoms with E-state index in [0.29, 0.717) is 5.02 Å². The minimum absolute atomic E-state index is 0.255. The highest BCUT2D eigenvalue weighted by Gasteiger charge is 2.11. The summed E-state index contributed by atoms with van der Waals surface area (Å²) in [5, 5.41) is 11.5. The molecule has 0 bridgehead atoms. The molecular formula is C12H9ClO2S. The van der Waals surface area contributed by atoms with E-state index in [9.17, 15) is 4.79 Å². The predicted molar refractivity (Wildman–Crippen MR) is 66.5 cm³/mol. The van der Waals surface area contributed by atoms with Gasteiger partial charge in [-0.2, -0.15) is 0 Å². The summed E-state index contributed by atoms with van der Waals surface area (Å²) in [5.74, 6) is -0.939. The average molecular weight is 253 g/mol. The zero-order chi connectivity index (χ0) is 11.7. The summed E-state index contributed by atoms with van der Waals surface area (Å²) in [6, 6.07) is 6.69. The number of carbonyl (C=O) groups is 1. The fraction of sp³-hybridized carbons (Fsp3) is 0.0833. The lowest BCUT2D eigenvalue weighted by atomic mass is 10.0. The van der Waals surface area contributed by atoms with Gasteiger partial charge in [0.05, 0.1) is 5.56 Å². The van der Waals surface area contributed by atoms with Crippen molar-refractivity contribution in [3.63, 3.8) is 0 Å². The van der Waals surface area contributed by atoms with Crippen molar-refractivity contribution in [2.45, 2.75) is 6.92 Å². The number of carboxylic acid groups (broad SMARTS) is 1. The summed E-state index contributed by atoms with van der Waals surface area (Å²) in [5.41, 5.74) is 2.03. The van der Waals surface area contributed by atoms with Crippen molar-refractivity contribution in [3.05, 3.63) is 45.1 Å². The number of benzene rings is 1. The molecule has 0 saturated heterocycles. The van der Waals surface area contributed by atoms with Crippen molar-refractivity contribution in [2.24, 2.45) is 0 Å². The Morgan fingerprint density at radius 1 is 1.31 bits per heavy atom. The van der Waals surface area contributed by atoms with E-state index in [2.05, 4.69) is 0 Å². The summed E-state index contributed by atoms with van der Waals surface area (Å²) < 4.78 is 0. The van der Waals surface area contributed by atoms with Crippen molar-refractivity contribution in [1.82, 2.24) is 0 Å². The van der Waals surface area contributed by atoms with Crippen LogP contribution in [0.15, 0.2) is 29.6 Å². The summed E-state index contributed by atoms with van der Waals surface area (Å²) in [7, 11) is 0. The Labute approximate surface area is 102 Å². The molecule has 0 unspecified atom stereocenters. The highest BCUT2D eigenvalue weighted by atomic mass is 35.5. The highest BCUT2D eigenvalue weighted by Crippen LogP contribution is 2.33. The van der Waals surface area contributed by atoms with Crippen LogP contribution in [-0.4, -0.2) is 11.1 Å². The van der Waals surface area contributed by atoms with E-state index in [1.54, 1.807) is 23.5 Å². The normalized spacial score (nSPS) is 10.4. The molecule has 0 amide bonds. The third-order valence-electron chi connectivity index (χ3n) is 2.36. The van der Waals surface area contributed by atoms with Gasteiger partial charge in [0.2, 0.25) is 0 Å². The first-order valence-corrected chi connectivity index (χ1v) is 5.92. The number of carboxylic acids is 1. The van der Waals surface area contributed by atoms with E-state index >= 15 is 0 Å². The molecular weight excluding hydrogens is 244 g/mol. The van der Waals surface area contributed by atoms with Crippen molar-refractivity contribution in [3.8, 4) is 11.1 Å². The molecule has 0 aliphatic heterocycles. The molecule has 1 aromatic heterocycles. The van der Waals surface area contributed by atoms with Gasteiger partial charge in [0.25, 0.3) is 0 Å². The molecule has 0 aliphatic rings. The second kappa shape index (κ2) is 4.28. The summed E-state index contributed by atoms with van der Waals surface area (Å²) in [4.78, 5) is 12.0. The van der Waals surface area contributed by atoms with Gasteiger partial charge in [-0.05, 0) is 42.1 Å². The van der Waals surface area contributed by atoms with Crippen LogP contribution >= 0.6 is 22.9 Å². The molecule has 1 heterocycles. The number of halogens is 1. The van der Waals surface area contributed by atoms with Gasteiger partial charge in [0.15, 0.2) is 0 Å². The summed E-state index contributed by atoms with van der Waals surface area (Å²) >= 11 is 7.69. The fourth-order valence-electron chi connectivity index (χ4n) is 1.53. The first-order chi connectivity index (χ1) is 7.59. The van der Waals surface area contributed by atoms with Crippen molar-refractivity contribution >= 4 is 28.9 Å². The molecule has 82 valence electrons. The molecule has 4 heteroatoms. The van der Waals surface area contributed by atoms with Crippen LogP contribution in [0.25, 0.3) is 11.1 Å². The van der Waals surface area contributed by atoms with Crippen LogP contribution in [0.2, 0.25) is 5.02 Å². The van der Waals surface area contributed by atoms with Gasteiger partial charge in [0.1, 0.15) is 0 Å². The lowest BCUT2D eigenvalue weighted by Crippen LogP contribution is -1.96. The number of thiophene rings is 1. The van der Waals surface area contributed by atoms with Crippen LogP contribution < -0.4 is 0 Å². The van der Waals surface area contributed by atoms with E-state index in [4.69, 9.17) is 16.7 Å². The quantitative estimate of drug-likeness (QED) is 0.875. The topological polar surface area (TPSA) is 37.3 Å². The summed E-state index contributed by atoms with van der Waals surface area (Å²) in [6.07, 6.45) is 0. The smallest absolute Gasteiger partial charge is 0.335 e. The Kier molecular flexibility index (Phi) is 2.99. The molecule has 1 N–H and O–H groups in total. The molecule has 0 fully saturated rings. The number of aryl methyl sites for hydroxylation is 1. The van der Waals surface area contributed by atoms with Crippen molar-refractivity contribution in [1.29, 1.82) is 0 Å². The van der Waals surface area contributed by atoms with Crippen LogP contribution in [0, 0.1) is 6.92 Å². The fourth-order valence-corrected chi connectivity index (χ4v) is 2.46. The van der Waals surface area contributed by atoms with Gasteiger partial charge in [-0.25, -0.2) is 4.79 Å². The van der Waals surface area contributed by atoms with Gasteiger partial charge >= 0.3 is 5.97 Å². The Hall–Kier alpha value is -1.32. The van der Waals surface area contributed by atoms with Gasteiger partial charge in [-0.3, -0.25) is 0 Å². The maximum absolute atomic E-state index is 10.9. The maximum Gasteiger partial charge on any atom is 0.335 e. The Morgan fingerprint density at radius 2 is 2.06 bits per heavy atom. The van der Waals surface area contributed by atoms with Crippen LogP contribution in [0.1, 0.15) is 15.2 Å². The second-order valence-electron chi connectivity index (χ2n) is 3.39. The van der Waals surface area contributed by atoms with E-state index in [1.165, 1.54) is 6.07 Å². The summed E-state index contributed by atoms with van der Waals surface area (Å²) in [6.45, 7) is 1.99. The molecule has 0 spiro atoms. The molecule has 0 aliphatic carbocycles. The van der Waals surface area contributed by atoms with E-state index in [1.807, 2.05) is 18.4 Å².